The minimum Gasteiger partial charge on any atom is -0.466 e. The van der Waals surface area contributed by atoms with Crippen LogP contribution in [0.5, 0.6) is 0 Å². The Kier molecular flexibility index (Phi) is 43.2. The predicted molar refractivity (Wildman–Crippen MR) is 251 cm³/mol. The molecule has 0 aromatic carbocycles. The van der Waals surface area contributed by atoms with Gasteiger partial charge in [0.25, 0.3) is 0 Å². The standard InChI is InChI=1S/C52H101NO6/c1-7-12-24-33-47(34-25-13-8-2)42-45-57-50(54)39-30-22-18-16-20-28-37-49(59-52(56)41-32-44-53(6)11-5)38-29-21-17-19-23-31-40-51(55)58-46-43-48(35-26-14-9-3)36-27-15-10-4/h47-49H,7-46H2,1-6H3. The molecule has 0 unspecified atom stereocenters. The smallest absolute Gasteiger partial charge is 0.306 e. The van der Waals surface area contributed by atoms with Crippen molar-refractivity contribution in [2.75, 3.05) is 33.4 Å². The van der Waals surface area contributed by atoms with Crippen LogP contribution in [0, 0.1) is 11.8 Å². The molecule has 7 heteroatoms. The van der Waals surface area contributed by atoms with Gasteiger partial charge in [-0.05, 0) is 89.8 Å². The number of carbonyl (C=O) groups excluding carboxylic acids is 3. The van der Waals surface area contributed by atoms with Crippen LogP contribution >= 0.6 is 0 Å². The van der Waals surface area contributed by atoms with Gasteiger partial charge in [-0.15, -0.1) is 0 Å². The van der Waals surface area contributed by atoms with Gasteiger partial charge >= 0.3 is 17.9 Å². The van der Waals surface area contributed by atoms with Crippen molar-refractivity contribution in [1.82, 2.24) is 4.90 Å². The summed E-state index contributed by atoms with van der Waals surface area (Å²) in [5.74, 6) is 1.29. The number of carbonyl (C=O) groups is 3. The van der Waals surface area contributed by atoms with E-state index in [0.29, 0.717) is 44.3 Å². The molecular formula is C52H101NO6. The number of hydrogen-bond donors (Lipinski definition) is 0. The third kappa shape index (κ3) is 40.2. The Morgan fingerprint density at radius 2 is 0.729 bits per heavy atom. The lowest BCUT2D eigenvalue weighted by atomic mass is 9.92. The maximum Gasteiger partial charge on any atom is 0.306 e. The average Bonchev–Trinajstić information content (AvgIpc) is 3.22. The van der Waals surface area contributed by atoms with E-state index in [4.69, 9.17) is 14.2 Å². The van der Waals surface area contributed by atoms with E-state index in [1.54, 1.807) is 0 Å². The van der Waals surface area contributed by atoms with E-state index >= 15 is 0 Å². The first kappa shape index (κ1) is 57.4. The monoisotopic (exact) mass is 836 g/mol. The van der Waals surface area contributed by atoms with E-state index in [-0.39, 0.29) is 24.0 Å². The molecule has 59 heavy (non-hydrogen) atoms. The van der Waals surface area contributed by atoms with Crippen LogP contribution in [0.1, 0.15) is 266 Å². The van der Waals surface area contributed by atoms with Gasteiger partial charge in [-0.2, -0.15) is 0 Å². The minimum absolute atomic E-state index is 0.00622. The Bertz CT molecular complexity index is 849. The summed E-state index contributed by atoms with van der Waals surface area (Å²) in [6, 6.07) is 0. The van der Waals surface area contributed by atoms with Gasteiger partial charge in [-0.3, -0.25) is 14.4 Å². The van der Waals surface area contributed by atoms with Gasteiger partial charge in [0.15, 0.2) is 0 Å². The zero-order valence-electron chi connectivity index (χ0n) is 40.4. The molecule has 0 saturated heterocycles. The van der Waals surface area contributed by atoms with E-state index in [1.807, 2.05) is 0 Å². The fourth-order valence-corrected chi connectivity index (χ4v) is 8.28. The fraction of sp³-hybridized carbons (Fsp3) is 0.942. The topological polar surface area (TPSA) is 82.1 Å². The predicted octanol–water partition coefficient (Wildman–Crippen LogP) is 15.3. The average molecular weight is 836 g/mol. The molecule has 0 amide bonds. The normalized spacial score (nSPS) is 11.7. The molecule has 0 N–H and O–H groups in total. The van der Waals surface area contributed by atoms with Gasteiger partial charge in [0.2, 0.25) is 0 Å². The maximum absolute atomic E-state index is 12.7. The molecule has 0 aromatic heterocycles. The third-order valence-electron chi connectivity index (χ3n) is 12.5. The molecule has 0 aliphatic rings. The summed E-state index contributed by atoms with van der Waals surface area (Å²) in [5.41, 5.74) is 0. The Labute approximate surface area is 367 Å². The van der Waals surface area contributed by atoms with Crippen molar-refractivity contribution in [1.29, 1.82) is 0 Å². The summed E-state index contributed by atoms with van der Waals surface area (Å²) in [6.07, 6.45) is 39.8. The number of hydrogen-bond acceptors (Lipinski definition) is 7. The molecule has 0 aliphatic heterocycles. The highest BCUT2D eigenvalue weighted by molar-refractivity contribution is 5.70. The highest BCUT2D eigenvalue weighted by atomic mass is 16.5. The number of unbranched alkanes of at least 4 members (excludes halogenated alkanes) is 18. The first-order valence-electron chi connectivity index (χ1n) is 26.0. The molecule has 0 rings (SSSR count). The van der Waals surface area contributed by atoms with E-state index in [0.717, 1.165) is 122 Å². The van der Waals surface area contributed by atoms with Gasteiger partial charge in [0.1, 0.15) is 6.10 Å². The Morgan fingerprint density at radius 1 is 0.390 bits per heavy atom. The van der Waals surface area contributed by atoms with Crippen LogP contribution < -0.4 is 0 Å². The van der Waals surface area contributed by atoms with Crippen LogP contribution in [0.25, 0.3) is 0 Å². The van der Waals surface area contributed by atoms with Crippen LogP contribution in [-0.4, -0.2) is 62.3 Å². The highest BCUT2D eigenvalue weighted by Gasteiger charge is 2.16. The lowest BCUT2D eigenvalue weighted by Gasteiger charge is -2.19. The van der Waals surface area contributed by atoms with Crippen molar-refractivity contribution in [3.8, 4) is 0 Å². The van der Waals surface area contributed by atoms with Gasteiger partial charge in [-0.25, -0.2) is 0 Å². The molecule has 0 aromatic rings. The Hall–Kier alpha value is -1.63. The first-order valence-corrected chi connectivity index (χ1v) is 26.0. The molecule has 0 bridgehead atoms. The molecule has 0 atom stereocenters. The number of esters is 3. The lowest BCUT2D eigenvalue weighted by molar-refractivity contribution is -0.150. The quantitative estimate of drug-likeness (QED) is 0.0343. The number of ether oxygens (including phenoxy) is 3. The minimum atomic E-state index is -0.0507. The lowest BCUT2D eigenvalue weighted by Crippen LogP contribution is -2.22. The molecular weight excluding hydrogens is 735 g/mol. The first-order chi connectivity index (χ1) is 28.8. The van der Waals surface area contributed by atoms with E-state index in [1.165, 1.54) is 103 Å². The number of nitrogens with zero attached hydrogens (tertiary/aromatic N) is 1. The van der Waals surface area contributed by atoms with Gasteiger partial charge in [0, 0.05) is 19.3 Å². The van der Waals surface area contributed by atoms with Crippen LogP contribution in [0.15, 0.2) is 0 Å². The fourth-order valence-electron chi connectivity index (χ4n) is 8.28. The van der Waals surface area contributed by atoms with Gasteiger partial charge in [0.05, 0.1) is 13.2 Å². The second-order valence-corrected chi connectivity index (χ2v) is 18.2. The van der Waals surface area contributed by atoms with Crippen molar-refractivity contribution in [3.63, 3.8) is 0 Å². The van der Waals surface area contributed by atoms with E-state index in [2.05, 4.69) is 46.6 Å². The SMILES string of the molecule is CCCCCC(CCCCC)CCOC(=O)CCCCCCCCC(CCCCCCCCC(=O)OCCC(CCCCC)CCCCC)OC(=O)CCCN(C)CC. The molecule has 0 spiro atoms. The summed E-state index contributed by atoms with van der Waals surface area (Å²) in [7, 11) is 2.09. The van der Waals surface area contributed by atoms with Crippen molar-refractivity contribution >= 4 is 17.9 Å². The molecule has 7 nitrogen and oxygen atoms in total. The second-order valence-electron chi connectivity index (χ2n) is 18.2. The maximum atomic E-state index is 12.7. The largest absolute Gasteiger partial charge is 0.466 e. The summed E-state index contributed by atoms with van der Waals surface area (Å²) >= 11 is 0. The molecule has 0 heterocycles. The summed E-state index contributed by atoms with van der Waals surface area (Å²) in [5, 5.41) is 0. The molecule has 0 aliphatic carbocycles. The molecule has 0 fully saturated rings. The Balaban J connectivity index is 4.33. The van der Waals surface area contributed by atoms with Crippen LogP contribution in [0.4, 0.5) is 0 Å². The Morgan fingerprint density at radius 3 is 1.10 bits per heavy atom. The van der Waals surface area contributed by atoms with Crippen molar-refractivity contribution in [2.24, 2.45) is 11.8 Å². The van der Waals surface area contributed by atoms with E-state index < -0.39 is 0 Å². The summed E-state index contributed by atoms with van der Waals surface area (Å²) < 4.78 is 17.3. The zero-order valence-corrected chi connectivity index (χ0v) is 40.4. The third-order valence-corrected chi connectivity index (χ3v) is 12.5. The van der Waals surface area contributed by atoms with Crippen LogP contribution in [0.3, 0.4) is 0 Å². The highest BCUT2D eigenvalue weighted by Crippen LogP contribution is 2.23. The zero-order chi connectivity index (χ0) is 43.4. The van der Waals surface area contributed by atoms with Crippen LogP contribution in [0.2, 0.25) is 0 Å². The van der Waals surface area contributed by atoms with Gasteiger partial charge < -0.3 is 19.1 Å². The molecule has 350 valence electrons. The number of rotatable bonds is 46. The molecule has 0 saturated carbocycles. The second kappa shape index (κ2) is 44.4. The van der Waals surface area contributed by atoms with E-state index in [9.17, 15) is 14.4 Å². The molecule has 0 radical (unpaired) electrons. The van der Waals surface area contributed by atoms with Gasteiger partial charge in [-0.1, -0.05) is 189 Å². The summed E-state index contributed by atoms with van der Waals surface area (Å²) in [6.45, 7) is 14.3. The van der Waals surface area contributed by atoms with Crippen molar-refractivity contribution in [2.45, 2.75) is 272 Å². The van der Waals surface area contributed by atoms with Crippen molar-refractivity contribution in [3.05, 3.63) is 0 Å². The summed E-state index contributed by atoms with van der Waals surface area (Å²) in [4.78, 5) is 39.7. The van der Waals surface area contributed by atoms with Crippen molar-refractivity contribution < 1.29 is 28.6 Å². The van der Waals surface area contributed by atoms with Crippen LogP contribution in [-0.2, 0) is 28.6 Å².